The number of hydrogen-bond acceptors (Lipinski definition) is 15. The lowest BCUT2D eigenvalue weighted by atomic mass is 9.85. The number of ether oxygens (including phenoxy) is 2. The van der Waals surface area contributed by atoms with Crippen molar-refractivity contribution in [3.63, 3.8) is 0 Å². The van der Waals surface area contributed by atoms with E-state index in [1.54, 1.807) is 42.5 Å². The maximum absolute atomic E-state index is 12.8. The van der Waals surface area contributed by atoms with Gasteiger partial charge in [0.05, 0.1) is 24.9 Å². The maximum atomic E-state index is 12.8. The SMILES string of the molecule is CCCCCCCCCCCCCCCC(=O)O[C@H](COC(=O)CCC[C@@H](O)[C@H](O)/C=C/C=C/C=C\C=C\[C@H](O)CCCCC)COP(=O)(O)OC1[C@H](O)[C@H](O)C(O)[C@H](O)[C@H]1O. The van der Waals surface area contributed by atoms with Crippen LogP contribution in [0.2, 0.25) is 0 Å². The Bertz CT molecular complexity index is 1320. The van der Waals surface area contributed by atoms with Crippen LogP contribution in [0, 0.1) is 0 Å². The Kier molecular flexibility index (Phi) is 32.6. The van der Waals surface area contributed by atoms with Gasteiger partial charge in [0.2, 0.25) is 0 Å². The molecule has 17 heteroatoms. The predicted octanol–water partition coefficient (Wildman–Crippen LogP) is 5.30. The molecule has 1 fully saturated rings. The van der Waals surface area contributed by atoms with E-state index in [1.165, 1.54) is 57.4 Å². The van der Waals surface area contributed by atoms with Crippen molar-refractivity contribution < 1.29 is 78.4 Å². The summed E-state index contributed by atoms with van der Waals surface area (Å²) in [4.78, 5) is 35.7. The van der Waals surface area contributed by atoms with Crippen LogP contribution < -0.4 is 0 Å². The summed E-state index contributed by atoms with van der Waals surface area (Å²) in [5.74, 6) is -1.43. The second kappa shape index (κ2) is 35.0. The average molecular weight is 907 g/mol. The van der Waals surface area contributed by atoms with Crippen LogP contribution in [0.15, 0.2) is 48.6 Å². The topological polar surface area (TPSA) is 270 Å². The Labute approximate surface area is 369 Å². The smallest absolute Gasteiger partial charge is 0.462 e. The quantitative estimate of drug-likeness (QED) is 0.0167. The van der Waals surface area contributed by atoms with Gasteiger partial charge in [-0.15, -0.1) is 0 Å². The number of carbonyl (C=O) groups excluding carboxylic acids is 2. The molecule has 0 bridgehead atoms. The Balaban J connectivity index is 2.62. The van der Waals surface area contributed by atoms with Crippen molar-refractivity contribution in [2.45, 2.75) is 210 Å². The molecule has 1 rings (SSSR count). The fraction of sp³-hybridized carbons (Fsp3) is 0.778. The third kappa shape index (κ3) is 27.1. The standard InChI is InChI=1S/C45H79O16P/c1-3-5-7-8-9-10-11-12-13-14-15-20-24-30-39(50)60-35(33-59-62(56,57)61-45-43(54)41(52)40(51)42(53)44(45)55)32-58-38(49)31-25-29-37(48)36(47)28-23-19-17-16-18-22-27-34(46)26-21-6-4-2/h16-19,22-23,27-28,34-37,40-48,51-55H,3-15,20-21,24-26,29-33H2,1-2H3,(H,56,57)/b18-16-,19-17+,27-22+,28-23+/t34-,35-,36-,37-,40?,41-,42+,43-,44-,45?/m1/s1. The summed E-state index contributed by atoms with van der Waals surface area (Å²) in [6.07, 6.45) is 15.2. The summed E-state index contributed by atoms with van der Waals surface area (Å²) in [5, 5.41) is 80.6. The number of hydrogen-bond donors (Lipinski definition) is 9. The molecule has 360 valence electrons. The van der Waals surface area contributed by atoms with Crippen LogP contribution in [0.3, 0.4) is 0 Å². The molecule has 0 heterocycles. The number of aliphatic hydroxyl groups excluding tert-OH is 8. The van der Waals surface area contributed by atoms with Gasteiger partial charge in [0.25, 0.3) is 0 Å². The molecule has 0 aromatic rings. The van der Waals surface area contributed by atoms with Crippen molar-refractivity contribution in [3.05, 3.63) is 48.6 Å². The number of phosphoric ester groups is 1. The number of phosphoric acid groups is 1. The van der Waals surface area contributed by atoms with E-state index < -0.39 is 94.0 Å². The molecule has 0 radical (unpaired) electrons. The lowest BCUT2D eigenvalue weighted by Crippen LogP contribution is -2.64. The summed E-state index contributed by atoms with van der Waals surface area (Å²) in [7, 11) is -5.20. The van der Waals surface area contributed by atoms with E-state index in [0.717, 1.165) is 51.4 Å². The molecule has 11 atom stereocenters. The molecule has 0 aliphatic heterocycles. The van der Waals surface area contributed by atoms with Gasteiger partial charge < -0.3 is 55.2 Å². The van der Waals surface area contributed by atoms with Crippen molar-refractivity contribution in [1.29, 1.82) is 0 Å². The number of allylic oxidation sites excluding steroid dienone is 6. The molecular formula is C45H79O16P. The Morgan fingerprint density at radius 3 is 1.60 bits per heavy atom. The Morgan fingerprint density at radius 2 is 1.03 bits per heavy atom. The summed E-state index contributed by atoms with van der Waals surface area (Å²) in [6, 6.07) is 0. The summed E-state index contributed by atoms with van der Waals surface area (Å²) >= 11 is 0. The lowest BCUT2D eigenvalue weighted by molar-refractivity contribution is -0.220. The fourth-order valence-electron chi connectivity index (χ4n) is 6.67. The number of carbonyl (C=O) groups is 2. The van der Waals surface area contributed by atoms with Crippen molar-refractivity contribution in [1.82, 2.24) is 0 Å². The van der Waals surface area contributed by atoms with Gasteiger partial charge >= 0.3 is 19.8 Å². The van der Waals surface area contributed by atoms with E-state index in [-0.39, 0.29) is 25.7 Å². The normalized spacial score (nSPS) is 23.9. The van der Waals surface area contributed by atoms with Gasteiger partial charge in [0, 0.05) is 12.8 Å². The third-order valence-electron chi connectivity index (χ3n) is 10.5. The van der Waals surface area contributed by atoms with E-state index in [9.17, 15) is 59.9 Å². The molecule has 62 heavy (non-hydrogen) atoms. The molecule has 1 aliphatic carbocycles. The van der Waals surface area contributed by atoms with Crippen molar-refractivity contribution in [2.75, 3.05) is 13.2 Å². The highest BCUT2D eigenvalue weighted by molar-refractivity contribution is 7.47. The highest BCUT2D eigenvalue weighted by Crippen LogP contribution is 2.47. The monoisotopic (exact) mass is 907 g/mol. The van der Waals surface area contributed by atoms with E-state index >= 15 is 0 Å². The molecule has 0 amide bonds. The van der Waals surface area contributed by atoms with Gasteiger partial charge in [-0.3, -0.25) is 18.6 Å². The number of aliphatic hydroxyl groups is 8. The van der Waals surface area contributed by atoms with Crippen molar-refractivity contribution in [3.8, 4) is 0 Å². The number of esters is 2. The minimum atomic E-state index is -5.20. The molecule has 9 N–H and O–H groups in total. The first-order chi connectivity index (χ1) is 29.6. The number of rotatable bonds is 36. The summed E-state index contributed by atoms with van der Waals surface area (Å²) in [5.41, 5.74) is 0. The van der Waals surface area contributed by atoms with Crippen LogP contribution in [-0.2, 0) is 32.7 Å². The second-order valence-corrected chi connectivity index (χ2v) is 17.5. The van der Waals surface area contributed by atoms with Gasteiger partial charge in [0.15, 0.2) is 6.10 Å². The maximum Gasteiger partial charge on any atom is 0.472 e. The van der Waals surface area contributed by atoms with Crippen molar-refractivity contribution >= 4 is 19.8 Å². The lowest BCUT2D eigenvalue weighted by Gasteiger charge is -2.41. The predicted molar refractivity (Wildman–Crippen MR) is 234 cm³/mol. The van der Waals surface area contributed by atoms with Crippen LogP contribution in [0.1, 0.15) is 149 Å². The van der Waals surface area contributed by atoms with E-state index in [4.69, 9.17) is 18.5 Å². The van der Waals surface area contributed by atoms with E-state index in [0.29, 0.717) is 6.42 Å². The molecule has 1 aliphatic rings. The molecule has 0 aromatic carbocycles. The van der Waals surface area contributed by atoms with Gasteiger partial charge in [-0.1, -0.05) is 159 Å². The first kappa shape index (κ1) is 57.7. The first-order valence-electron chi connectivity index (χ1n) is 22.8. The summed E-state index contributed by atoms with van der Waals surface area (Å²) in [6.45, 7) is 2.88. The van der Waals surface area contributed by atoms with Crippen LogP contribution in [0.25, 0.3) is 0 Å². The average Bonchev–Trinajstić information content (AvgIpc) is 3.24. The van der Waals surface area contributed by atoms with Crippen LogP contribution >= 0.6 is 7.82 Å². The second-order valence-electron chi connectivity index (χ2n) is 16.1. The molecule has 1 saturated carbocycles. The van der Waals surface area contributed by atoms with Gasteiger partial charge in [-0.25, -0.2) is 4.57 Å². The van der Waals surface area contributed by atoms with Crippen LogP contribution in [0.5, 0.6) is 0 Å². The van der Waals surface area contributed by atoms with E-state index in [1.807, 2.05) is 0 Å². The van der Waals surface area contributed by atoms with E-state index in [2.05, 4.69) is 13.8 Å². The minimum Gasteiger partial charge on any atom is -0.462 e. The summed E-state index contributed by atoms with van der Waals surface area (Å²) < 4.78 is 33.2. The molecule has 0 spiro atoms. The van der Waals surface area contributed by atoms with Gasteiger partial charge in [-0.2, -0.15) is 0 Å². The Hall–Kier alpha value is -2.31. The van der Waals surface area contributed by atoms with Gasteiger partial charge in [0.1, 0.15) is 43.2 Å². The third-order valence-corrected chi connectivity index (χ3v) is 11.5. The highest BCUT2D eigenvalue weighted by Gasteiger charge is 2.51. The minimum absolute atomic E-state index is 0.0246. The van der Waals surface area contributed by atoms with Crippen LogP contribution in [0.4, 0.5) is 0 Å². The van der Waals surface area contributed by atoms with Gasteiger partial charge in [-0.05, 0) is 25.7 Å². The zero-order chi connectivity index (χ0) is 46.2. The largest absolute Gasteiger partial charge is 0.472 e. The number of unbranched alkanes of at least 4 members (excludes halogenated alkanes) is 14. The molecule has 3 unspecified atom stereocenters. The fourth-order valence-corrected chi connectivity index (χ4v) is 7.64. The Morgan fingerprint density at radius 1 is 0.565 bits per heavy atom. The highest BCUT2D eigenvalue weighted by atomic mass is 31.2. The zero-order valence-electron chi connectivity index (χ0n) is 37.0. The first-order valence-corrected chi connectivity index (χ1v) is 24.3. The molecule has 0 aromatic heterocycles. The molecule has 0 saturated heterocycles. The zero-order valence-corrected chi connectivity index (χ0v) is 37.9. The van der Waals surface area contributed by atoms with Crippen LogP contribution in [-0.4, -0.2) is 132 Å². The molecule has 16 nitrogen and oxygen atoms in total. The van der Waals surface area contributed by atoms with Crippen molar-refractivity contribution in [2.24, 2.45) is 0 Å². The molecular weight excluding hydrogens is 827 g/mol.